The zero-order chi connectivity index (χ0) is 23.5. The Morgan fingerprint density at radius 3 is 2.09 bits per heavy atom. The van der Waals surface area contributed by atoms with E-state index in [-0.39, 0.29) is 17.5 Å². The van der Waals surface area contributed by atoms with Gasteiger partial charge in [-0.05, 0) is 31.2 Å². The monoisotopic (exact) mass is 445 g/mol. The number of benzene rings is 3. The summed E-state index contributed by atoms with van der Waals surface area (Å²) >= 11 is 0. The van der Waals surface area contributed by atoms with Crippen molar-refractivity contribution >= 4 is 28.3 Å². The highest BCUT2D eigenvalue weighted by Gasteiger charge is 2.20. The molecule has 0 saturated heterocycles. The standard InChI is InChI=1S/C26H23NO6/c1-15-19-11-10-18(14-20(19)33-24(15)23(28)16-8-6-5-7-9-16)27-26(29)17-12-21(30-2)25(32-4)22(13-17)31-3/h5-14H,1-4H3,(H,27,29). The summed E-state index contributed by atoms with van der Waals surface area (Å²) in [4.78, 5) is 25.8. The van der Waals surface area contributed by atoms with Gasteiger partial charge >= 0.3 is 0 Å². The predicted octanol–water partition coefficient (Wildman–Crippen LogP) is 5.25. The minimum Gasteiger partial charge on any atom is -0.493 e. The van der Waals surface area contributed by atoms with Gasteiger partial charge in [0.15, 0.2) is 17.3 Å². The Kier molecular flexibility index (Phi) is 6.04. The summed E-state index contributed by atoms with van der Waals surface area (Å²) in [6.45, 7) is 1.84. The van der Waals surface area contributed by atoms with Gasteiger partial charge in [-0.15, -0.1) is 0 Å². The minimum absolute atomic E-state index is 0.188. The number of methoxy groups -OCH3 is 3. The van der Waals surface area contributed by atoms with Crippen molar-refractivity contribution in [2.45, 2.75) is 6.92 Å². The molecule has 1 N–H and O–H groups in total. The molecule has 0 spiro atoms. The van der Waals surface area contributed by atoms with Gasteiger partial charge in [-0.2, -0.15) is 0 Å². The van der Waals surface area contributed by atoms with E-state index < -0.39 is 0 Å². The van der Waals surface area contributed by atoms with Crippen molar-refractivity contribution < 1.29 is 28.2 Å². The molecular weight excluding hydrogens is 422 g/mol. The summed E-state index contributed by atoms with van der Waals surface area (Å²) in [7, 11) is 4.47. The fourth-order valence-corrected chi connectivity index (χ4v) is 3.66. The number of fused-ring (bicyclic) bond motifs is 1. The number of ether oxygens (including phenoxy) is 3. The SMILES string of the molecule is COc1cc(C(=O)Nc2ccc3c(C)c(C(=O)c4ccccc4)oc3c2)cc(OC)c1OC. The van der Waals surface area contributed by atoms with E-state index in [0.717, 1.165) is 10.9 Å². The Labute approximate surface area is 190 Å². The van der Waals surface area contributed by atoms with Crippen molar-refractivity contribution in [2.75, 3.05) is 26.6 Å². The summed E-state index contributed by atoms with van der Waals surface area (Å²) in [5, 5.41) is 3.65. The third kappa shape index (κ3) is 4.13. The summed E-state index contributed by atoms with van der Waals surface area (Å²) < 4.78 is 21.8. The summed E-state index contributed by atoms with van der Waals surface area (Å²) in [6.07, 6.45) is 0. The second-order valence-corrected chi connectivity index (χ2v) is 7.33. The Bertz CT molecular complexity index is 1310. The third-order valence-electron chi connectivity index (χ3n) is 5.37. The molecule has 0 radical (unpaired) electrons. The van der Waals surface area contributed by atoms with E-state index in [2.05, 4.69) is 5.32 Å². The van der Waals surface area contributed by atoms with Crippen LogP contribution in [0.15, 0.2) is 65.1 Å². The maximum absolute atomic E-state index is 12.9. The van der Waals surface area contributed by atoms with Crippen LogP contribution in [0.3, 0.4) is 0 Å². The predicted molar refractivity (Wildman–Crippen MR) is 125 cm³/mol. The Morgan fingerprint density at radius 1 is 0.818 bits per heavy atom. The van der Waals surface area contributed by atoms with Gasteiger partial charge in [-0.25, -0.2) is 0 Å². The normalized spacial score (nSPS) is 10.7. The molecule has 0 aliphatic heterocycles. The van der Waals surface area contributed by atoms with Crippen LogP contribution in [0.4, 0.5) is 5.69 Å². The number of rotatable bonds is 7. The molecule has 0 unspecified atom stereocenters. The van der Waals surface area contributed by atoms with E-state index in [0.29, 0.717) is 39.6 Å². The van der Waals surface area contributed by atoms with Crippen molar-refractivity contribution in [2.24, 2.45) is 0 Å². The quantitative estimate of drug-likeness (QED) is 0.391. The molecule has 1 amide bonds. The average Bonchev–Trinajstić information content (AvgIpc) is 3.18. The molecule has 0 fully saturated rings. The van der Waals surface area contributed by atoms with E-state index in [4.69, 9.17) is 18.6 Å². The minimum atomic E-state index is -0.363. The summed E-state index contributed by atoms with van der Waals surface area (Å²) in [5.41, 5.74) is 2.67. The van der Waals surface area contributed by atoms with Crippen molar-refractivity contribution in [1.29, 1.82) is 0 Å². The molecule has 0 atom stereocenters. The van der Waals surface area contributed by atoms with Crippen LogP contribution in [0.25, 0.3) is 11.0 Å². The molecule has 0 aliphatic rings. The van der Waals surface area contributed by atoms with Crippen molar-refractivity contribution in [3.05, 3.63) is 83.1 Å². The van der Waals surface area contributed by atoms with Crippen molar-refractivity contribution in [3.8, 4) is 17.2 Å². The lowest BCUT2D eigenvalue weighted by molar-refractivity contribution is 0.101. The lowest BCUT2D eigenvalue weighted by Crippen LogP contribution is -2.12. The Morgan fingerprint density at radius 2 is 1.48 bits per heavy atom. The first-order valence-corrected chi connectivity index (χ1v) is 10.2. The number of hydrogen-bond acceptors (Lipinski definition) is 6. The molecule has 1 heterocycles. The number of anilines is 1. The van der Waals surface area contributed by atoms with Crippen LogP contribution < -0.4 is 19.5 Å². The van der Waals surface area contributed by atoms with E-state index in [1.807, 2.05) is 31.2 Å². The molecule has 0 saturated carbocycles. The first-order chi connectivity index (χ1) is 16.0. The van der Waals surface area contributed by atoms with Crippen molar-refractivity contribution in [1.82, 2.24) is 0 Å². The summed E-state index contributed by atoms with van der Waals surface area (Å²) in [6, 6.07) is 17.4. The highest BCUT2D eigenvalue weighted by atomic mass is 16.5. The average molecular weight is 445 g/mol. The molecule has 33 heavy (non-hydrogen) atoms. The van der Waals surface area contributed by atoms with Gasteiger partial charge in [0, 0.05) is 33.8 Å². The number of amides is 1. The number of carbonyl (C=O) groups is 2. The fourth-order valence-electron chi connectivity index (χ4n) is 3.66. The molecule has 0 aliphatic carbocycles. The zero-order valence-electron chi connectivity index (χ0n) is 18.7. The highest BCUT2D eigenvalue weighted by Crippen LogP contribution is 2.38. The maximum atomic E-state index is 12.9. The lowest BCUT2D eigenvalue weighted by Gasteiger charge is -2.14. The van der Waals surface area contributed by atoms with Crippen LogP contribution in [0.1, 0.15) is 32.0 Å². The molecule has 0 bridgehead atoms. The smallest absolute Gasteiger partial charge is 0.255 e. The van der Waals surface area contributed by atoms with Gasteiger partial charge < -0.3 is 23.9 Å². The zero-order valence-corrected chi connectivity index (χ0v) is 18.7. The molecule has 4 rings (SSSR count). The van der Waals surface area contributed by atoms with E-state index in [1.165, 1.54) is 21.3 Å². The number of furan rings is 1. The van der Waals surface area contributed by atoms with Gasteiger partial charge in [0.05, 0.1) is 21.3 Å². The topological polar surface area (TPSA) is 87.0 Å². The fraction of sp³-hybridized carbons (Fsp3) is 0.154. The Balaban J connectivity index is 1.64. The number of ketones is 1. The van der Waals surface area contributed by atoms with Crippen LogP contribution in [0.5, 0.6) is 17.2 Å². The van der Waals surface area contributed by atoms with Crippen molar-refractivity contribution in [3.63, 3.8) is 0 Å². The third-order valence-corrected chi connectivity index (χ3v) is 5.37. The summed E-state index contributed by atoms with van der Waals surface area (Å²) in [5.74, 6) is 0.889. The number of hydrogen-bond donors (Lipinski definition) is 1. The highest BCUT2D eigenvalue weighted by molar-refractivity contribution is 6.11. The van der Waals surface area contributed by atoms with E-state index >= 15 is 0 Å². The van der Waals surface area contributed by atoms with Gasteiger partial charge in [-0.3, -0.25) is 9.59 Å². The number of nitrogens with one attached hydrogen (secondary N) is 1. The lowest BCUT2D eigenvalue weighted by atomic mass is 10.0. The largest absolute Gasteiger partial charge is 0.493 e. The maximum Gasteiger partial charge on any atom is 0.255 e. The van der Waals surface area contributed by atoms with Gasteiger partial charge in [-0.1, -0.05) is 30.3 Å². The molecule has 1 aromatic heterocycles. The second kappa shape index (κ2) is 9.08. The second-order valence-electron chi connectivity index (χ2n) is 7.33. The van der Waals surface area contributed by atoms with Crippen LogP contribution in [0.2, 0.25) is 0 Å². The van der Waals surface area contributed by atoms with E-state index in [9.17, 15) is 9.59 Å². The van der Waals surface area contributed by atoms with E-state index in [1.54, 1.807) is 36.4 Å². The molecular formula is C26H23NO6. The number of aryl methyl sites for hydroxylation is 1. The molecule has 7 heteroatoms. The van der Waals surface area contributed by atoms with Gasteiger partial charge in [0.2, 0.25) is 11.5 Å². The first kappa shape index (κ1) is 22.0. The Hall–Kier alpha value is -4.26. The van der Waals surface area contributed by atoms with Crippen LogP contribution in [-0.2, 0) is 0 Å². The van der Waals surface area contributed by atoms with Crippen LogP contribution in [-0.4, -0.2) is 33.0 Å². The van der Waals surface area contributed by atoms with Gasteiger partial charge in [0.1, 0.15) is 5.58 Å². The molecule has 4 aromatic rings. The molecule has 3 aromatic carbocycles. The molecule has 168 valence electrons. The van der Waals surface area contributed by atoms with Crippen LogP contribution in [0, 0.1) is 6.92 Å². The van der Waals surface area contributed by atoms with Gasteiger partial charge in [0.25, 0.3) is 5.91 Å². The first-order valence-electron chi connectivity index (χ1n) is 10.2. The van der Waals surface area contributed by atoms with Crippen LogP contribution >= 0.6 is 0 Å². The molecule has 7 nitrogen and oxygen atoms in total. The number of carbonyl (C=O) groups excluding carboxylic acids is 2.